The Morgan fingerprint density at radius 1 is 0.560 bits per heavy atom. The van der Waals surface area contributed by atoms with Gasteiger partial charge in [0, 0.05) is 79.4 Å². The fraction of sp³-hybridized carbons (Fsp3) is 0.182. The summed E-state index contributed by atoms with van der Waals surface area (Å²) >= 11 is 1.92. The number of ether oxygens (including phenoxy) is 2. The zero-order chi connectivity index (χ0) is 52.8. The number of benzene rings is 6. The summed E-state index contributed by atoms with van der Waals surface area (Å²) in [7, 11) is 6.81. The van der Waals surface area contributed by atoms with Crippen LogP contribution in [0, 0.1) is 38.5 Å². The number of methoxy groups -OCH3 is 2. The average molecular weight is 1140 g/mol. The van der Waals surface area contributed by atoms with Crippen LogP contribution in [0.2, 0.25) is 0 Å². The Balaban J connectivity index is 0.000000209. The Kier molecular flexibility index (Phi) is 23.2. The molecule has 5 N–H and O–H groups in total. The van der Waals surface area contributed by atoms with Crippen LogP contribution in [-0.4, -0.2) is 83.0 Å². The number of nitrogens with one attached hydrogen (secondary N) is 3. The van der Waals surface area contributed by atoms with Gasteiger partial charge < -0.3 is 44.8 Å². The molecule has 1 aliphatic carbocycles. The van der Waals surface area contributed by atoms with Crippen LogP contribution in [0.15, 0.2) is 146 Å². The fourth-order valence-electron chi connectivity index (χ4n) is 7.97. The van der Waals surface area contributed by atoms with E-state index in [4.69, 9.17) is 5.11 Å². The number of esters is 2. The number of carboxylic acids is 1. The second-order valence-electron chi connectivity index (χ2n) is 16.3. The van der Waals surface area contributed by atoms with Crippen molar-refractivity contribution in [1.29, 1.82) is 0 Å². The number of aromatic carboxylic acids is 1. The van der Waals surface area contributed by atoms with Crippen molar-refractivity contribution in [2.24, 2.45) is 0 Å². The molecule has 6 aromatic carbocycles. The summed E-state index contributed by atoms with van der Waals surface area (Å²) in [6, 6.07) is 33.1. The Bertz CT molecular complexity index is 3360. The Morgan fingerprint density at radius 3 is 1.41 bits per heavy atom. The number of carboxylic acid groups (broad SMARTS) is 1. The third kappa shape index (κ3) is 15.8. The molecule has 0 unspecified atom stereocenters. The number of fused-ring (bicyclic) bond motifs is 3. The second-order valence-corrected chi connectivity index (χ2v) is 17.6. The molecule has 2 atom stereocenters. The van der Waals surface area contributed by atoms with Crippen molar-refractivity contribution in [2.75, 3.05) is 28.3 Å². The molecule has 0 aliphatic heterocycles. The van der Waals surface area contributed by atoms with Gasteiger partial charge in [0.05, 0.1) is 41.9 Å². The van der Waals surface area contributed by atoms with Gasteiger partial charge in [0.1, 0.15) is 0 Å². The summed E-state index contributed by atoms with van der Waals surface area (Å²) in [5.41, 5.74) is 4.71. The molecule has 0 saturated heterocycles. The van der Waals surface area contributed by atoms with Gasteiger partial charge in [-0.3, -0.25) is 0 Å². The van der Waals surface area contributed by atoms with Gasteiger partial charge in [-0.05, 0) is 165 Å². The molecule has 0 amide bonds. The minimum atomic E-state index is -1.01. The van der Waals surface area contributed by atoms with E-state index in [2.05, 4.69) is 39.2 Å². The molecular formula is C55H51F6ILiN5O7. The molecule has 0 radical (unpaired) electrons. The second kappa shape index (κ2) is 28.7. The van der Waals surface area contributed by atoms with E-state index in [0.29, 0.717) is 38.2 Å². The maximum Gasteiger partial charge on any atom is 1.00 e. The van der Waals surface area contributed by atoms with Crippen molar-refractivity contribution in [3.8, 4) is 11.4 Å². The minimum Gasteiger partial charge on any atom is -0.870 e. The van der Waals surface area contributed by atoms with Gasteiger partial charge in [-0.15, -0.1) is 0 Å². The third-order valence-corrected chi connectivity index (χ3v) is 12.4. The molecule has 3 aromatic heterocycles. The molecule has 0 bridgehead atoms. The van der Waals surface area contributed by atoms with Gasteiger partial charge >= 0.3 is 36.8 Å². The molecule has 10 rings (SSSR count). The van der Waals surface area contributed by atoms with E-state index in [1.54, 1.807) is 70.1 Å². The van der Waals surface area contributed by atoms with E-state index >= 15 is 0 Å². The number of aromatic nitrogens is 3. The van der Waals surface area contributed by atoms with E-state index in [9.17, 15) is 40.7 Å². The summed E-state index contributed by atoms with van der Waals surface area (Å²) in [5.74, 6) is -6.93. The SMILES string of the molecule is CN[C@@H]1CCCC[C@H]1NC.COC(=O)c1ccc2[nH]ccc2c1.COC(=O)c1ccc2c(ccn2-c2ccc(F)c(F)c2)c1.Fc1ccc(I)cc1F.O=C(O)c1ccc2c(ccn2-c2ccc(F)c(F)c2)c1.[Li+].[OH-]. The van der Waals surface area contributed by atoms with Gasteiger partial charge in [0.25, 0.3) is 0 Å². The molecule has 3 heterocycles. The zero-order valence-electron chi connectivity index (χ0n) is 41.3. The van der Waals surface area contributed by atoms with Crippen molar-refractivity contribution in [3.05, 3.63) is 201 Å². The molecule has 1 saturated carbocycles. The van der Waals surface area contributed by atoms with Gasteiger partial charge in [0.15, 0.2) is 34.9 Å². The van der Waals surface area contributed by atoms with Crippen LogP contribution >= 0.6 is 22.6 Å². The number of H-pyrrole nitrogens is 1. The quantitative estimate of drug-likeness (QED) is 0.0400. The molecule has 20 heteroatoms. The van der Waals surface area contributed by atoms with Crippen molar-refractivity contribution in [2.45, 2.75) is 37.8 Å². The maximum absolute atomic E-state index is 13.3. The molecular weight excluding hydrogens is 1090 g/mol. The summed E-state index contributed by atoms with van der Waals surface area (Å²) < 4.78 is 90.3. The van der Waals surface area contributed by atoms with Crippen LogP contribution in [-0.2, 0) is 9.47 Å². The molecule has 0 spiro atoms. The Morgan fingerprint density at radius 2 is 0.987 bits per heavy atom. The summed E-state index contributed by atoms with van der Waals surface area (Å²) in [4.78, 5) is 36.6. The van der Waals surface area contributed by atoms with Gasteiger partial charge in [-0.2, -0.15) is 0 Å². The largest absolute Gasteiger partial charge is 1.00 e. The topological polar surface area (TPSA) is 170 Å². The van der Waals surface area contributed by atoms with Crippen LogP contribution in [0.25, 0.3) is 44.1 Å². The number of likely N-dealkylation sites (N-methyl/N-ethyl adjacent to an activating group) is 2. The maximum atomic E-state index is 13.3. The normalized spacial score (nSPS) is 13.4. The fourth-order valence-corrected chi connectivity index (χ4v) is 8.43. The third-order valence-electron chi connectivity index (χ3n) is 11.8. The number of carbonyl (C=O) groups is 3. The summed E-state index contributed by atoms with van der Waals surface area (Å²) in [5, 5.41) is 18.2. The van der Waals surface area contributed by atoms with E-state index in [1.807, 2.05) is 40.9 Å². The van der Waals surface area contributed by atoms with Crippen LogP contribution in [0.5, 0.6) is 0 Å². The molecule has 388 valence electrons. The molecule has 1 aliphatic rings. The van der Waals surface area contributed by atoms with Crippen molar-refractivity contribution in [3.63, 3.8) is 0 Å². The van der Waals surface area contributed by atoms with E-state index in [1.165, 1.54) is 70.2 Å². The summed E-state index contributed by atoms with van der Waals surface area (Å²) in [6.07, 6.45) is 10.7. The van der Waals surface area contributed by atoms with Crippen LogP contribution in [0.1, 0.15) is 56.8 Å². The van der Waals surface area contributed by atoms with Gasteiger partial charge in [-0.25, -0.2) is 40.7 Å². The summed E-state index contributed by atoms with van der Waals surface area (Å²) in [6.45, 7) is 0. The zero-order valence-corrected chi connectivity index (χ0v) is 43.5. The molecule has 1 fully saturated rings. The van der Waals surface area contributed by atoms with Crippen LogP contribution < -0.4 is 29.5 Å². The van der Waals surface area contributed by atoms with Gasteiger partial charge in [-0.1, -0.05) is 12.8 Å². The minimum absolute atomic E-state index is 0. The van der Waals surface area contributed by atoms with Crippen molar-refractivity contribution in [1.82, 2.24) is 24.8 Å². The predicted molar refractivity (Wildman–Crippen MR) is 279 cm³/mol. The first-order chi connectivity index (χ1) is 35.0. The van der Waals surface area contributed by atoms with Crippen molar-refractivity contribution >= 4 is 73.2 Å². The number of rotatable bonds is 7. The number of hydrogen-bond donors (Lipinski definition) is 4. The first-order valence-electron chi connectivity index (χ1n) is 22.6. The van der Waals surface area contributed by atoms with Crippen LogP contribution in [0.4, 0.5) is 26.3 Å². The van der Waals surface area contributed by atoms with Gasteiger partial charge in [0.2, 0.25) is 0 Å². The molecule has 9 aromatic rings. The Labute approximate surface area is 453 Å². The van der Waals surface area contributed by atoms with E-state index < -0.39 is 46.8 Å². The van der Waals surface area contributed by atoms with Crippen molar-refractivity contribution < 1.29 is 79.6 Å². The van der Waals surface area contributed by atoms with Crippen LogP contribution in [0.3, 0.4) is 0 Å². The first-order valence-corrected chi connectivity index (χ1v) is 23.7. The monoisotopic (exact) mass is 1140 g/mol. The number of carbonyl (C=O) groups excluding carboxylic acids is 2. The Hall–Kier alpha value is -6.86. The number of hydrogen-bond acceptors (Lipinski definition) is 8. The predicted octanol–water partition coefficient (Wildman–Crippen LogP) is 9.39. The number of aromatic amines is 1. The number of halogens is 7. The number of nitrogens with zero attached hydrogens (tertiary/aromatic N) is 2. The molecule has 12 nitrogen and oxygen atoms in total. The molecule has 75 heavy (non-hydrogen) atoms. The first kappa shape index (κ1) is 60.7. The van der Waals surface area contributed by atoms with E-state index in [-0.39, 0.29) is 35.9 Å². The average Bonchev–Trinajstić information content (AvgIpc) is 4.18. The smallest absolute Gasteiger partial charge is 0.870 e. The van der Waals surface area contributed by atoms with E-state index in [0.717, 1.165) is 69.1 Å². The standard InChI is InChI=1S/C16H11F2NO2.C15H9F2NO2.C10H9NO2.C8H18N2.C6H3F2I.Li.H2O/c1-21-16(20)11-2-5-15-10(8-11)6-7-19(15)12-3-4-13(17)14(18)9-12;16-12-3-2-11(8-13(12)17)18-6-5-9-7-10(15(19)20)1-4-14(9)18;1-13-10(12)8-2-3-9-7(6-8)4-5-11-9;1-9-7-5-3-4-6-8(7)10-2;7-5-2-1-4(9)3-6(5)8;;/h2-9H,1H3;1-8H,(H,19,20);2-6,11H,1H3;7-10H,3-6H2,1-2H3;1-3H;;1H2/q;;;;;+1;/p-1/t;;;7-,8-;;;/m...1.../s1.